The van der Waals surface area contributed by atoms with Crippen LogP contribution in [0, 0.1) is 68.0 Å². The number of carbonyl (C=O) groups is 3. The molecule has 1 saturated heterocycles. The molecular formula is C50H72ClNO8. The highest BCUT2D eigenvalue weighted by atomic mass is 35.5. The van der Waals surface area contributed by atoms with E-state index in [1.54, 1.807) is 0 Å². The van der Waals surface area contributed by atoms with E-state index < -0.39 is 28.8 Å². The van der Waals surface area contributed by atoms with E-state index in [1.165, 1.54) is 5.57 Å². The second kappa shape index (κ2) is 15.4. The van der Waals surface area contributed by atoms with Crippen LogP contribution in [-0.2, 0) is 30.4 Å². The summed E-state index contributed by atoms with van der Waals surface area (Å²) >= 11 is 6.39. The van der Waals surface area contributed by atoms with Gasteiger partial charge in [0.2, 0.25) is 0 Å². The fourth-order valence-corrected chi connectivity index (χ4v) is 15.5. The Hall–Kier alpha value is -2.46. The molecule has 1 unspecified atom stereocenters. The highest BCUT2D eigenvalue weighted by Crippen LogP contribution is 2.77. The minimum absolute atomic E-state index is 0.00278. The summed E-state index contributed by atoms with van der Waals surface area (Å²) in [6.45, 7) is 22.5. The molecule has 12 atom stereocenters. The molecule has 332 valence electrons. The zero-order chi connectivity index (χ0) is 43.4. The van der Waals surface area contributed by atoms with Crippen LogP contribution in [0.25, 0.3) is 0 Å². The lowest BCUT2D eigenvalue weighted by Gasteiger charge is -2.72. The molecule has 1 aromatic rings. The Morgan fingerprint density at radius 3 is 2.33 bits per heavy atom. The SMILES string of the molecule is CC(C)C1=C2[C@H]3CC[C@@H]4[C@@]5(C)CC[C@H](OC(=O)[C@H]6C[C@@H](C(=O)O)C6(C)C)C(C)(C)[C@@H]5CC[C@@]4(C)[C@]3(C)CC[C@@]2([C@@H](O)CNCc2ccc(Cl)cc2OC2CCOC2)CC1=O. The number of benzene rings is 1. The number of halogens is 1. The molecule has 60 heavy (non-hydrogen) atoms. The minimum Gasteiger partial charge on any atom is -0.488 e. The number of hydrogen-bond acceptors (Lipinski definition) is 8. The average Bonchev–Trinajstić information content (AvgIpc) is 3.79. The Morgan fingerprint density at radius 1 is 0.917 bits per heavy atom. The third-order valence-electron chi connectivity index (χ3n) is 19.0. The summed E-state index contributed by atoms with van der Waals surface area (Å²) in [5.41, 5.74) is 1.87. The molecule has 10 heteroatoms. The van der Waals surface area contributed by atoms with Crippen LogP contribution < -0.4 is 10.1 Å². The number of nitrogens with one attached hydrogen (secondary N) is 1. The first kappa shape index (κ1) is 44.2. The third-order valence-corrected chi connectivity index (χ3v) is 19.3. The molecule has 1 aliphatic heterocycles. The number of carboxylic acids is 1. The number of hydrogen-bond donors (Lipinski definition) is 3. The summed E-state index contributed by atoms with van der Waals surface area (Å²) in [5, 5.41) is 26.3. The molecule has 0 spiro atoms. The highest BCUT2D eigenvalue weighted by molar-refractivity contribution is 6.30. The van der Waals surface area contributed by atoms with Gasteiger partial charge in [0.15, 0.2) is 5.78 Å². The van der Waals surface area contributed by atoms with Gasteiger partial charge in [0, 0.05) is 47.3 Å². The normalized spacial score (nSPS) is 40.8. The van der Waals surface area contributed by atoms with E-state index in [-0.39, 0.29) is 63.4 Å². The molecule has 0 radical (unpaired) electrons. The van der Waals surface area contributed by atoms with Crippen LogP contribution in [0.15, 0.2) is 29.3 Å². The fourth-order valence-electron chi connectivity index (χ4n) is 15.4. The molecule has 1 heterocycles. The van der Waals surface area contributed by atoms with Crippen LogP contribution in [0.5, 0.6) is 5.75 Å². The number of carbonyl (C=O) groups excluding carboxylic acids is 2. The molecule has 1 aromatic carbocycles. The summed E-state index contributed by atoms with van der Waals surface area (Å²) in [7, 11) is 0. The van der Waals surface area contributed by atoms with Crippen molar-refractivity contribution < 1.29 is 38.8 Å². The minimum atomic E-state index is -0.833. The Labute approximate surface area is 363 Å². The molecule has 3 N–H and O–H groups in total. The van der Waals surface area contributed by atoms with Crippen LogP contribution in [0.2, 0.25) is 5.02 Å². The number of rotatable bonds is 11. The van der Waals surface area contributed by atoms with Gasteiger partial charge in [-0.2, -0.15) is 0 Å². The van der Waals surface area contributed by atoms with Crippen molar-refractivity contribution >= 4 is 29.3 Å². The first-order valence-corrected chi connectivity index (χ1v) is 23.6. The molecule has 0 bridgehead atoms. The first-order valence-electron chi connectivity index (χ1n) is 23.2. The van der Waals surface area contributed by atoms with Gasteiger partial charge in [0.25, 0.3) is 0 Å². The van der Waals surface area contributed by atoms with Crippen molar-refractivity contribution in [3.8, 4) is 5.75 Å². The van der Waals surface area contributed by atoms with Crippen LogP contribution >= 0.6 is 11.6 Å². The summed E-state index contributed by atoms with van der Waals surface area (Å²) in [6.07, 6.45) is 8.46. The van der Waals surface area contributed by atoms with Gasteiger partial charge in [0.05, 0.1) is 31.2 Å². The zero-order valence-electron chi connectivity index (χ0n) is 37.8. The molecule has 8 rings (SSSR count). The van der Waals surface area contributed by atoms with E-state index in [0.29, 0.717) is 56.0 Å². The number of esters is 1. The largest absolute Gasteiger partial charge is 0.488 e. The number of aliphatic carboxylic acids is 1. The number of aliphatic hydroxyl groups excluding tert-OH is 1. The lowest BCUT2D eigenvalue weighted by atomic mass is 9.33. The van der Waals surface area contributed by atoms with Gasteiger partial charge in [-0.25, -0.2) is 0 Å². The lowest BCUT2D eigenvalue weighted by molar-refractivity contribution is -0.238. The van der Waals surface area contributed by atoms with Crippen molar-refractivity contribution in [2.45, 2.75) is 158 Å². The Bertz CT molecular complexity index is 1920. The number of ketones is 1. The molecule has 5 saturated carbocycles. The predicted octanol–water partition coefficient (Wildman–Crippen LogP) is 9.60. The van der Waals surface area contributed by atoms with E-state index in [0.717, 1.165) is 74.7 Å². The van der Waals surface area contributed by atoms with E-state index in [2.05, 4.69) is 53.8 Å². The predicted molar refractivity (Wildman–Crippen MR) is 231 cm³/mol. The Balaban J connectivity index is 1.01. The maximum Gasteiger partial charge on any atom is 0.309 e. The van der Waals surface area contributed by atoms with Crippen molar-refractivity contribution in [3.05, 3.63) is 39.9 Å². The standard InChI is InChI=1S/C50H72ClNO8/c1-28(2)41-35(53)24-50(39(54)26-52-25-29-10-11-30(51)22-36(29)59-31-16-21-58-27-31)20-19-48(8)32(42(41)50)12-13-38-47(7)17-15-40(46(5,6)37(47)14-18-49(38,48)9)60-44(57)34-23-33(43(55)56)45(34,3)4/h10-11,22,28,31-34,37-40,52,54H,12-21,23-27H2,1-9H3,(H,55,56)/t31?,32-,33+,34-,37+,38-,39+,40+,47+,48-,49-,50+/m1/s1. The Morgan fingerprint density at radius 2 is 1.67 bits per heavy atom. The topological polar surface area (TPSA) is 131 Å². The van der Waals surface area contributed by atoms with E-state index in [1.807, 2.05) is 32.0 Å². The highest BCUT2D eigenvalue weighted by Gasteiger charge is 2.71. The molecule has 6 aliphatic carbocycles. The van der Waals surface area contributed by atoms with Gasteiger partial charge in [-0.05, 0) is 121 Å². The van der Waals surface area contributed by atoms with Gasteiger partial charge < -0.3 is 29.7 Å². The lowest BCUT2D eigenvalue weighted by Crippen LogP contribution is -2.66. The third kappa shape index (κ3) is 6.66. The second-order valence-electron chi connectivity index (χ2n) is 22.6. The van der Waals surface area contributed by atoms with Crippen LogP contribution in [-0.4, -0.2) is 66.0 Å². The van der Waals surface area contributed by atoms with Crippen LogP contribution in [0.4, 0.5) is 0 Å². The molecule has 7 aliphatic rings. The zero-order valence-corrected chi connectivity index (χ0v) is 38.5. The van der Waals surface area contributed by atoms with Crippen LogP contribution in [0.3, 0.4) is 0 Å². The van der Waals surface area contributed by atoms with Gasteiger partial charge in [-0.3, -0.25) is 14.4 Å². The van der Waals surface area contributed by atoms with Crippen molar-refractivity contribution in [1.29, 1.82) is 0 Å². The molecule has 0 amide bonds. The molecular weight excluding hydrogens is 778 g/mol. The summed E-state index contributed by atoms with van der Waals surface area (Å²) in [4.78, 5) is 39.7. The maximum absolute atomic E-state index is 14.2. The van der Waals surface area contributed by atoms with Crippen LogP contribution in [0.1, 0.15) is 139 Å². The Kier molecular flexibility index (Phi) is 11.3. The number of carboxylic acid groups (broad SMARTS) is 1. The van der Waals surface area contributed by atoms with Gasteiger partial charge in [0.1, 0.15) is 18.0 Å². The number of allylic oxidation sites excluding steroid dienone is 1. The summed E-state index contributed by atoms with van der Waals surface area (Å²) in [5.74, 6) is 0.163. The smallest absolute Gasteiger partial charge is 0.309 e. The second-order valence-corrected chi connectivity index (χ2v) is 23.1. The number of ether oxygens (including phenoxy) is 3. The van der Waals surface area contributed by atoms with Gasteiger partial charge >= 0.3 is 11.9 Å². The van der Waals surface area contributed by atoms with Gasteiger partial charge in [-0.1, -0.05) is 85.6 Å². The van der Waals surface area contributed by atoms with E-state index in [9.17, 15) is 24.6 Å². The number of aliphatic hydroxyl groups is 1. The van der Waals surface area contributed by atoms with E-state index in [4.69, 9.17) is 25.8 Å². The fraction of sp³-hybridized carbons (Fsp3) is 0.780. The average molecular weight is 851 g/mol. The van der Waals surface area contributed by atoms with Crippen molar-refractivity contribution in [3.63, 3.8) is 0 Å². The maximum atomic E-state index is 14.2. The van der Waals surface area contributed by atoms with Gasteiger partial charge in [-0.15, -0.1) is 0 Å². The number of Topliss-reactive ketones (excluding diaryl/α,β-unsaturated/α-hetero) is 1. The summed E-state index contributed by atoms with van der Waals surface area (Å²) < 4.78 is 18.3. The summed E-state index contributed by atoms with van der Waals surface area (Å²) in [6, 6.07) is 5.73. The van der Waals surface area contributed by atoms with E-state index >= 15 is 0 Å². The molecule has 9 nitrogen and oxygen atoms in total. The molecule has 0 aromatic heterocycles. The first-order chi connectivity index (χ1) is 28.1. The van der Waals surface area contributed by atoms with Crippen molar-refractivity contribution in [1.82, 2.24) is 5.32 Å². The van der Waals surface area contributed by atoms with Crippen molar-refractivity contribution in [2.24, 2.45) is 68.0 Å². The quantitative estimate of drug-likeness (QED) is 0.186. The number of fused-ring (bicyclic) bond motifs is 7. The monoisotopic (exact) mass is 849 g/mol. The van der Waals surface area contributed by atoms with Crippen molar-refractivity contribution in [2.75, 3.05) is 19.8 Å². The molecule has 6 fully saturated rings.